The lowest BCUT2D eigenvalue weighted by Crippen LogP contribution is -2.38. The van der Waals surface area contributed by atoms with Gasteiger partial charge in [-0.05, 0) is 62.5 Å². The average Bonchev–Trinajstić information content (AvgIpc) is 2.85. The zero-order valence-electron chi connectivity index (χ0n) is 19.8. The highest BCUT2D eigenvalue weighted by Gasteiger charge is 2.26. The minimum atomic E-state index is -0.167. The molecule has 1 aliphatic rings. The van der Waals surface area contributed by atoms with Crippen molar-refractivity contribution in [3.05, 3.63) is 101 Å². The van der Waals surface area contributed by atoms with Crippen LogP contribution in [0.2, 0.25) is 0 Å². The number of likely N-dealkylation sites (tertiary alicyclic amines) is 1. The fraction of sp³-hybridized carbons (Fsp3) is 0.310. The van der Waals surface area contributed by atoms with Gasteiger partial charge in [-0.1, -0.05) is 72.3 Å². The molecule has 0 radical (unpaired) electrons. The van der Waals surface area contributed by atoms with Crippen molar-refractivity contribution in [3.63, 3.8) is 0 Å². The van der Waals surface area contributed by atoms with E-state index in [9.17, 15) is 9.59 Å². The number of hydrogen-bond donors (Lipinski definition) is 2. The van der Waals surface area contributed by atoms with Crippen LogP contribution in [-0.4, -0.2) is 36.3 Å². The average molecular weight is 456 g/mol. The number of anilines is 1. The van der Waals surface area contributed by atoms with Crippen LogP contribution in [0, 0.1) is 12.8 Å². The topological polar surface area (TPSA) is 61.4 Å². The second-order valence-corrected chi connectivity index (χ2v) is 9.07. The summed E-state index contributed by atoms with van der Waals surface area (Å²) in [5.74, 6) is -0.206. The predicted octanol–water partition coefficient (Wildman–Crippen LogP) is 4.82. The molecule has 176 valence electrons. The highest BCUT2D eigenvalue weighted by molar-refractivity contribution is 6.04. The van der Waals surface area contributed by atoms with Gasteiger partial charge in [-0.3, -0.25) is 14.5 Å². The Bertz CT molecular complexity index is 1110. The molecule has 1 heterocycles. The molecule has 5 nitrogen and oxygen atoms in total. The Balaban J connectivity index is 1.28. The Morgan fingerprint density at radius 3 is 2.35 bits per heavy atom. The summed E-state index contributed by atoms with van der Waals surface area (Å²) in [5, 5.41) is 6.00. The number of benzene rings is 3. The van der Waals surface area contributed by atoms with Crippen LogP contribution in [0.25, 0.3) is 0 Å². The van der Waals surface area contributed by atoms with Gasteiger partial charge < -0.3 is 10.6 Å². The maximum Gasteiger partial charge on any atom is 0.253 e. The van der Waals surface area contributed by atoms with Crippen molar-refractivity contribution in [1.29, 1.82) is 0 Å². The lowest BCUT2D eigenvalue weighted by Gasteiger charge is -2.31. The summed E-state index contributed by atoms with van der Waals surface area (Å²) < 4.78 is 0. The zero-order chi connectivity index (χ0) is 23.8. The Hall–Kier alpha value is -3.44. The van der Waals surface area contributed by atoms with E-state index in [0.717, 1.165) is 38.9 Å². The van der Waals surface area contributed by atoms with Gasteiger partial charge in [-0.25, -0.2) is 0 Å². The van der Waals surface area contributed by atoms with Crippen LogP contribution in [0.15, 0.2) is 78.9 Å². The van der Waals surface area contributed by atoms with E-state index in [1.165, 1.54) is 16.7 Å². The van der Waals surface area contributed by atoms with Crippen LogP contribution in [-0.2, 0) is 17.8 Å². The molecule has 0 aromatic heterocycles. The van der Waals surface area contributed by atoms with Crippen LogP contribution in [0.3, 0.4) is 0 Å². The van der Waals surface area contributed by atoms with Crippen LogP contribution in [0.4, 0.5) is 5.69 Å². The molecule has 0 atom stereocenters. The summed E-state index contributed by atoms with van der Waals surface area (Å²) in [5.41, 5.74) is 4.84. The minimum Gasteiger partial charge on any atom is -0.352 e. The number of rotatable bonds is 8. The third-order valence-electron chi connectivity index (χ3n) is 6.42. The molecule has 4 rings (SSSR count). The molecule has 0 spiro atoms. The number of piperidine rings is 1. The lowest BCUT2D eigenvalue weighted by molar-refractivity contribution is -0.121. The smallest absolute Gasteiger partial charge is 0.253 e. The Kier molecular flexibility index (Phi) is 8.10. The largest absolute Gasteiger partial charge is 0.352 e. The van der Waals surface area contributed by atoms with Crippen molar-refractivity contribution >= 4 is 17.5 Å². The van der Waals surface area contributed by atoms with E-state index in [1.807, 2.05) is 42.5 Å². The number of hydrogen-bond acceptors (Lipinski definition) is 3. The van der Waals surface area contributed by atoms with Gasteiger partial charge in [-0.2, -0.15) is 0 Å². The Morgan fingerprint density at radius 1 is 0.882 bits per heavy atom. The van der Waals surface area contributed by atoms with E-state index in [-0.39, 0.29) is 17.7 Å². The molecular weight excluding hydrogens is 422 g/mol. The van der Waals surface area contributed by atoms with Crippen molar-refractivity contribution in [3.8, 4) is 0 Å². The van der Waals surface area contributed by atoms with Gasteiger partial charge in [0.25, 0.3) is 5.91 Å². The summed E-state index contributed by atoms with van der Waals surface area (Å²) in [6.45, 7) is 5.37. The molecule has 0 unspecified atom stereocenters. The molecular formula is C29H33N3O2. The molecule has 1 saturated heterocycles. The molecule has 3 aromatic rings. The summed E-state index contributed by atoms with van der Waals surface area (Å²) in [6.07, 6.45) is 2.41. The standard InChI is InChI=1S/C29H33N3O2/c1-22-8-7-11-24(20-22)21-32-18-15-25(16-19-32)28(33)31-27-13-6-5-12-26(27)29(34)30-17-14-23-9-3-2-4-10-23/h2-13,20,25H,14-19,21H2,1H3,(H,30,34)(H,31,33). The molecule has 0 aliphatic carbocycles. The van der Waals surface area contributed by atoms with E-state index in [4.69, 9.17) is 0 Å². The molecule has 34 heavy (non-hydrogen) atoms. The molecule has 0 bridgehead atoms. The lowest BCUT2D eigenvalue weighted by atomic mass is 9.95. The summed E-state index contributed by atoms with van der Waals surface area (Å²) in [7, 11) is 0. The van der Waals surface area contributed by atoms with Gasteiger partial charge in [0.2, 0.25) is 5.91 Å². The van der Waals surface area contributed by atoms with Crippen LogP contribution < -0.4 is 10.6 Å². The van der Waals surface area contributed by atoms with E-state index < -0.39 is 0 Å². The first-order chi connectivity index (χ1) is 16.6. The Labute approximate surface area is 202 Å². The number of nitrogens with one attached hydrogen (secondary N) is 2. The van der Waals surface area contributed by atoms with Crippen LogP contribution in [0.5, 0.6) is 0 Å². The minimum absolute atomic E-state index is 0.000240. The summed E-state index contributed by atoms with van der Waals surface area (Å²) >= 11 is 0. The van der Waals surface area contributed by atoms with Gasteiger partial charge >= 0.3 is 0 Å². The number of aryl methyl sites for hydroxylation is 1. The van der Waals surface area contributed by atoms with Crippen LogP contribution in [0.1, 0.15) is 39.9 Å². The Morgan fingerprint density at radius 2 is 1.59 bits per heavy atom. The second-order valence-electron chi connectivity index (χ2n) is 9.07. The predicted molar refractivity (Wildman–Crippen MR) is 137 cm³/mol. The van der Waals surface area contributed by atoms with Crippen molar-refractivity contribution < 1.29 is 9.59 Å². The summed E-state index contributed by atoms with van der Waals surface area (Å²) in [4.78, 5) is 28.2. The molecule has 5 heteroatoms. The first kappa shape index (κ1) is 23.7. The highest BCUT2D eigenvalue weighted by atomic mass is 16.2. The van der Waals surface area contributed by atoms with Crippen molar-refractivity contribution in [2.45, 2.75) is 32.7 Å². The molecule has 3 aromatic carbocycles. The number of nitrogens with zero attached hydrogens (tertiary/aromatic N) is 1. The number of amides is 2. The number of para-hydroxylation sites is 1. The first-order valence-electron chi connectivity index (χ1n) is 12.1. The maximum absolute atomic E-state index is 13.0. The fourth-order valence-corrected chi connectivity index (χ4v) is 4.51. The van der Waals surface area contributed by atoms with Gasteiger partial charge in [0, 0.05) is 19.0 Å². The summed E-state index contributed by atoms with van der Waals surface area (Å²) in [6, 6.07) is 25.9. The van der Waals surface area contributed by atoms with Gasteiger partial charge in [0.05, 0.1) is 11.3 Å². The third kappa shape index (κ3) is 6.55. The van der Waals surface area contributed by atoms with E-state index in [0.29, 0.717) is 17.8 Å². The van der Waals surface area contributed by atoms with Crippen molar-refractivity contribution in [2.75, 3.05) is 25.0 Å². The third-order valence-corrected chi connectivity index (χ3v) is 6.42. The van der Waals surface area contributed by atoms with E-state index in [1.54, 1.807) is 12.1 Å². The first-order valence-corrected chi connectivity index (χ1v) is 12.1. The number of carbonyl (C=O) groups excluding carboxylic acids is 2. The fourth-order valence-electron chi connectivity index (χ4n) is 4.51. The van der Waals surface area contributed by atoms with Crippen LogP contribution >= 0.6 is 0 Å². The second kappa shape index (κ2) is 11.6. The van der Waals surface area contributed by atoms with Crippen molar-refractivity contribution in [1.82, 2.24) is 10.2 Å². The highest BCUT2D eigenvalue weighted by Crippen LogP contribution is 2.23. The maximum atomic E-state index is 13.0. The normalized spacial score (nSPS) is 14.5. The van der Waals surface area contributed by atoms with Crippen molar-refractivity contribution in [2.24, 2.45) is 5.92 Å². The monoisotopic (exact) mass is 455 g/mol. The molecule has 1 aliphatic heterocycles. The van der Waals surface area contributed by atoms with Gasteiger partial charge in [0.1, 0.15) is 0 Å². The zero-order valence-corrected chi connectivity index (χ0v) is 19.8. The quantitative estimate of drug-likeness (QED) is 0.512. The molecule has 1 fully saturated rings. The SMILES string of the molecule is Cc1cccc(CN2CCC(C(=O)Nc3ccccc3C(=O)NCCc3ccccc3)CC2)c1. The van der Waals surface area contributed by atoms with E-state index in [2.05, 4.69) is 46.7 Å². The molecule has 2 N–H and O–H groups in total. The molecule has 2 amide bonds. The molecule has 0 saturated carbocycles. The van der Waals surface area contributed by atoms with Gasteiger partial charge in [0.15, 0.2) is 0 Å². The van der Waals surface area contributed by atoms with E-state index >= 15 is 0 Å². The van der Waals surface area contributed by atoms with Gasteiger partial charge in [-0.15, -0.1) is 0 Å². The number of carbonyl (C=O) groups is 2.